The van der Waals surface area contributed by atoms with Crippen LogP contribution in [0.4, 0.5) is 8.78 Å². The van der Waals surface area contributed by atoms with Crippen molar-refractivity contribution in [1.29, 1.82) is 0 Å². The van der Waals surface area contributed by atoms with Crippen LogP contribution in [0.1, 0.15) is 11.4 Å². The summed E-state index contributed by atoms with van der Waals surface area (Å²) in [6.07, 6.45) is 5.15. The second kappa shape index (κ2) is 6.62. The van der Waals surface area contributed by atoms with Crippen molar-refractivity contribution in [3.05, 3.63) is 71.8 Å². The number of fused-ring (bicyclic) bond motifs is 2. The molecule has 2 aliphatic rings. The van der Waals surface area contributed by atoms with Crippen LogP contribution in [0.2, 0.25) is 0 Å². The van der Waals surface area contributed by atoms with Crippen LogP contribution in [0.5, 0.6) is 11.5 Å². The maximum atomic E-state index is 14.4. The quantitative estimate of drug-likeness (QED) is 0.704. The highest BCUT2D eigenvalue weighted by atomic mass is 19.1. The average Bonchev–Trinajstić information content (AvgIpc) is 3.33. The number of rotatable bonds is 3. The van der Waals surface area contributed by atoms with Crippen LogP contribution >= 0.6 is 0 Å². The van der Waals surface area contributed by atoms with Gasteiger partial charge < -0.3 is 14.6 Å². The molecule has 0 radical (unpaired) electrons. The van der Waals surface area contributed by atoms with E-state index in [1.807, 2.05) is 18.2 Å². The van der Waals surface area contributed by atoms with Crippen LogP contribution in [-0.4, -0.2) is 33.5 Å². The molecule has 2 aliphatic heterocycles. The second-order valence-electron chi connectivity index (χ2n) is 7.17. The summed E-state index contributed by atoms with van der Waals surface area (Å²) in [5.41, 5.74) is 3.04. The number of H-pyrrole nitrogens is 1. The fraction of sp³-hybridized carbons (Fsp3) is 0.136. The van der Waals surface area contributed by atoms with E-state index in [1.54, 1.807) is 26.4 Å². The van der Waals surface area contributed by atoms with Gasteiger partial charge in [0.05, 0.1) is 11.4 Å². The topological polar surface area (TPSA) is 70.6 Å². The van der Waals surface area contributed by atoms with E-state index in [0.29, 0.717) is 33.9 Å². The van der Waals surface area contributed by atoms with Gasteiger partial charge in [0.2, 0.25) is 0 Å². The van der Waals surface area contributed by atoms with Crippen molar-refractivity contribution in [2.75, 3.05) is 7.05 Å². The summed E-state index contributed by atoms with van der Waals surface area (Å²) in [4.78, 5) is 25.7. The summed E-state index contributed by atoms with van der Waals surface area (Å²) in [7, 11) is 1.65. The van der Waals surface area contributed by atoms with E-state index in [-0.39, 0.29) is 17.6 Å². The fourth-order valence-corrected chi connectivity index (χ4v) is 3.76. The number of aromatic amines is 1. The number of aromatic nitrogens is 2. The maximum absolute atomic E-state index is 14.4. The van der Waals surface area contributed by atoms with E-state index in [2.05, 4.69) is 15.0 Å². The first-order chi connectivity index (χ1) is 14.4. The standard InChI is InChI=1S/C22H16F2N4O2/c1-11-26-17-5-4-14(15-10-28(2)22(29)19-13(15)7-8-25-19)21(20(17)27-11)30-18-6-3-12(23)9-16(18)24/h3-10,13H,1-2H3,(H,26,27). The number of aryl methyl sites for hydroxylation is 1. The van der Waals surface area contributed by atoms with Gasteiger partial charge >= 0.3 is 0 Å². The number of carbonyl (C=O) groups excluding carboxylic acids is 1. The van der Waals surface area contributed by atoms with Crippen molar-refractivity contribution in [1.82, 2.24) is 14.9 Å². The number of benzene rings is 2. The lowest BCUT2D eigenvalue weighted by Crippen LogP contribution is -2.37. The molecule has 8 heteroatoms. The Balaban J connectivity index is 1.72. The van der Waals surface area contributed by atoms with Crippen LogP contribution in [0.3, 0.4) is 0 Å². The van der Waals surface area contributed by atoms with E-state index >= 15 is 0 Å². The average molecular weight is 406 g/mol. The molecule has 0 spiro atoms. The molecule has 1 N–H and O–H groups in total. The largest absolute Gasteiger partial charge is 0.451 e. The Bertz CT molecular complexity index is 1310. The molecule has 1 aromatic heterocycles. The molecular formula is C22H16F2N4O2. The predicted octanol–water partition coefficient (Wildman–Crippen LogP) is 4.34. The van der Waals surface area contributed by atoms with Gasteiger partial charge in [0.1, 0.15) is 22.9 Å². The lowest BCUT2D eigenvalue weighted by atomic mass is 9.86. The van der Waals surface area contributed by atoms with Crippen molar-refractivity contribution in [3.8, 4) is 11.5 Å². The molecule has 3 heterocycles. The normalized spacial score (nSPS) is 17.9. The van der Waals surface area contributed by atoms with Gasteiger partial charge in [-0.2, -0.15) is 0 Å². The molecule has 2 aromatic carbocycles. The SMILES string of the molecule is Cc1nc2c(Oc3ccc(F)cc3F)c(C3=CN(C)C(=O)C4=NC=CC34)ccc2[nH]1. The Kier molecular flexibility index (Phi) is 4.02. The number of hydrogen-bond acceptors (Lipinski definition) is 4. The van der Waals surface area contributed by atoms with Gasteiger partial charge in [-0.05, 0) is 36.8 Å². The van der Waals surface area contributed by atoms with E-state index in [0.717, 1.165) is 17.7 Å². The van der Waals surface area contributed by atoms with Crippen molar-refractivity contribution >= 4 is 28.2 Å². The number of amides is 1. The molecule has 150 valence electrons. The lowest BCUT2D eigenvalue weighted by molar-refractivity contribution is -0.121. The molecule has 1 atom stereocenters. The van der Waals surface area contributed by atoms with Gasteiger partial charge in [0, 0.05) is 31.1 Å². The maximum Gasteiger partial charge on any atom is 0.272 e. The first-order valence-corrected chi connectivity index (χ1v) is 9.28. The summed E-state index contributed by atoms with van der Waals surface area (Å²) >= 11 is 0. The summed E-state index contributed by atoms with van der Waals surface area (Å²) in [6.45, 7) is 1.80. The number of carbonyl (C=O) groups is 1. The summed E-state index contributed by atoms with van der Waals surface area (Å²) in [5.74, 6) is -1.18. The zero-order valence-electron chi connectivity index (χ0n) is 16.1. The summed E-state index contributed by atoms with van der Waals surface area (Å²) in [6, 6.07) is 6.81. The van der Waals surface area contributed by atoms with Crippen LogP contribution in [0, 0.1) is 24.5 Å². The number of ether oxygens (including phenoxy) is 1. The number of nitrogens with one attached hydrogen (secondary N) is 1. The minimum absolute atomic E-state index is 0.123. The Morgan fingerprint density at radius 3 is 2.83 bits per heavy atom. The molecule has 1 unspecified atom stereocenters. The zero-order chi connectivity index (χ0) is 21.0. The Morgan fingerprint density at radius 1 is 1.20 bits per heavy atom. The van der Waals surface area contributed by atoms with Crippen LogP contribution in [0.25, 0.3) is 16.6 Å². The molecule has 0 fully saturated rings. The molecule has 1 amide bonds. The Hall–Kier alpha value is -3.81. The third-order valence-corrected chi connectivity index (χ3v) is 5.14. The third-order valence-electron chi connectivity index (χ3n) is 5.14. The van der Waals surface area contributed by atoms with Gasteiger partial charge in [-0.1, -0.05) is 6.08 Å². The fourth-order valence-electron chi connectivity index (χ4n) is 3.76. The van der Waals surface area contributed by atoms with Crippen LogP contribution in [0.15, 0.2) is 53.8 Å². The monoisotopic (exact) mass is 406 g/mol. The minimum Gasteiger partial charge on any atom is -0.451 e. The number of nitrogens with zero attached hydrogens (tertiary/aromatic N) is 3. The number of imidazole rings is 1. The Morgan fingerprint density at radius 2 is 2.03 bits per heavy atom. The van der Waals surface area contributed by atoms with Crippen molar-refractivity contribution in [2.24, 2.45) is 10.9 Å². The second-order valence-corrected chi connectivity index (χ2v) is 7.17. The summed E-state index contributed by atoms with van der Waals surface area (Å²) in [5, 5.41) is 0. The van der Waals surface area contributed by atoms with Crippen LogP contribution in [-0.2, 0) is 4.79 Å². The first kappa shape index (κ1) is 18.2. The van der Waals surface area contributed by atoms with E-state index in [1.165, 1.54) is 11.0 Å². The first-order valence-electron chi connectivity index (χ1n) is 9.28. The highest BCUT2D eigenvalue weighted by Crippen LogP contribution is 2.42. The molecule has 6 nitrogen and oxygen atoms in total. The molecule has 30 heavy (non-hydrogen) atoms. The zero-order valence-corrected chi connectivity index (χ0v) is 16.1. The summed E-state index contributed by atoms with van der Waals surface area (Å²) < 4.78 is 33.7. The van der Waals surface area contributed by atoms with E-state index in [4.69, 9.17) is 4.74 Å². The third kappa shape index (κ3) is 2.80. The molecule has 0 saturated carbocycles. The molecule has 0 saturated heterocycles. The van der Waals surface area contributed by atoms with Crippen molar-refractivity contribution < 1.29 is 18.3 Å². The van der Waals surface area contributed by atoms with Crippen molar-refractivity contribution in [2.45, 2.75) is 6.92 Å². The van der Waals surface area contributed by atoms with Gasteiger partial charge in [0.25, 0.3) is 5.91 Å². The van der Waals surface area contributed by atoms with E-state index < -0.39 is 11.6 Å². The van der Waals surface area contributed by atoms with Gasteiger partial charge in [-0.3, -0.25) is 9.79 Å². The number of hydrogen-bond donors (Lipinski definition) is 1. The Labute approximate surface area is 170 Å². The van der Waals surface area contributed by atoms with Crippen molar-refractivity contribution in [3.63, 3.8) is 0 Å². The smallest absolute Gasteiger partial charge is 0.272 e. The molecule has 0 bridgehead atoms. The molecule has 0 aliphatic carbocycles. The highest BCUT2D eigenvalue weighted by Gasteiger charge is 2.35. The van der Waals surface area contributed by atoms with Crippen LogP contribution < -0.4 is 4.74 Å². The predicted molar refractivity (Wildman–Crippen MR) is 108 cm³/mol. The highest BCUT2D eigenvalue weighted by molar-refractivity contribution is 6.44. The lowest BCUT2D eigenvalue weighted by Gasteiger charge is -2.27. The van der Waals surface area contributed by atoms with Gasteiger partial charge in [0.15, 0.2) is 17.3 Å². The molecule has 5 rings (SSSR count). The van der Waals surface area contributed by atoms with Gasteiger partial charge in [-0.15, -0.1) is 0 Å². The molecular weight excluding hydrogens is 390 g/mol. The molecule has 3 aromatic rings. The number of halogens is 2. The number of aliphatic imine (C=N–C) groups is 1. The number of allylic oxidation sites excluding steroid dienone is 2. The van der Waals surface area contributed by atoms with E-state index in [9.17, 15) is 13.6 Å². The van der Waals surface area contributed by atoms with Gasteiger partial charge in [-0.25, -0.2) is 13.8 Å². The minimum atomic E-state index is -0.821.